The number of fused-ring (bicyclic) bond motifs is 1. The lowest BCUT2D eigenvalue weighted by Gasteiger charge is -2.31. The first-order valence-corrected chi connectivity index (χ1v) is 13.2. The van der Waals surface area contributed by atoms with Crippen LogP contribution >= 0.6 is 11.6 Å². The summed E-state index contributed by atoms with van der Waals surface area (Å²) in [6.07, 6.45) is 0. The Morgan fingerprint density at radius 2 is 1.67 bits per heavy atom. The molecule has 0 saturated carbocycles. The van der Waals surface area contributed by atoms with Gasteiger partial charge in [0.2, 0.25) is 0 Å². The van der Waals surface area contributed by atoms with Crippen molar-refractivity contribution in [3.05, 3.63) is 122 Å². The Kier molecular flexibility index (Phi) is 8.16. The standard InChI is InChI=1S/C30H31ClN6O2/c1-20-15-24-17-26(30(38)32-27(24)16-21(20)2)28(29-33-34-35-37(29)13-14-39-3)36(18-22-7-5-4-6-8-22)19-23-9-11-25(31)12-10-23/h4-12,15-17,28H,13-14,18-19H2,1-3H3,(H,32,38). The van der Waals surface area contributed by atoms with Crippen LogP contribution in [0.25, 0.3) is 10.9 Å². The van der Waals surface area contributed by atoms with Crippen LogP contribution in [0.4, 0.5) is 0 Å². The molecule has 0 aliphatic carbocycles. The third-order valence-corrected chi connectivity index (χ3v) is 7.24. The average Bonchev–Trinajstić information content (AvgIpc) is 3.39. The van der Waals surface area contributed by atoms with Crippen LogP contribution in [0.5, 0.6) is 0 Å². The monoisotopic (exact) mass is 542 g/mol. The molecule has 0 bridgehead atoms. The molecule has 0 saturated heterocycles. The molecule has 2 heterocycles. The van der Waals surface area contributed by atoms with Gasteiger partial charge in [0, 0.05) is 36.3 Å². The molecule has 1 N–H and O–H groups in total. The largest absolute Gasteiger partial charge is 0.383 e. The van der Waals surface area contributed by atoms with E-state index in [-0.39, 0.29) is 5.56 Å². The van der Waals surface area contributed by atoms with Crippen LogP contribution in [0.1, 0.15) is 39.7 Å². The van der Waals surface area contributed by atoms with E-state index in [1.807, 2.05) is 61.5 Å². The number of rotatable bonds is 10. The number of nitrogens with zero attached hydrogens (tertiary/aromatic N) is 5. The number of nitrogens with one attached hydrogen (secondary N) is 1. The van der Waals surface area contributed by atoms with Crippen molar-refractivity contribution < 1.29 is 4.74 Å². The number of aryl methyl sites for hydroxylation is 2. The number of methoxy groups -OCH3 is 1. The first-order valence-electron chi connectivity index (χ1n) is 12.8. The Bertz CT molecular complexity index is 1610. The summed E-state index contributed by atoms with van der Waals surface area (Å²) in [6, 6.07) is 23.5. The van der Waals surface area contributed by atoms with Crippen LogP contribution < -0.4 is 5.56 Å². The van der Waals surface area contributed by atoms with Crippen LogP contribution in [-0.2, 0) is 24.4 Å². The smallest absolute Gasteiger partial charge is 0.253 e. The van der Waals surface area contributed by atoms with E-state index < -0.39 is 6.04 Å². The SMILES string of the molecule is COCCn1nnnc1C(c1cc2cc(C)c(C)cc2[nH]c1=O)N(Cc1ccccc1)Cc1ccc(Cl)cc1. The van der Waals surface area contributed by atoms with Gasteiger partial charge in [-0.15, -0.1) is 5.10 Å². The van der Waals surface area contributed by atoms with Gasteiger partial charge >= 0.3 is 0 Å². The highest BCUT2D eigenvalue weighted by Crippen LogP contribution is 2.31. The van der Waals surface area contributed by atoms with Gasteiger partial charge in [0.25, 0.3) is 5.56 Å². The number of ether oxygens (including phenoxy) is 1. The Hall–Kier alpha value is -3.85. The average molecular weight is 543 g/mol. The molecule has 0 aliphatic heterocycles. The van der Waals surface area contributed by atoms with Gasteiger partial charge in [-0.05, 0) is 82.2 Å². The van der Waals surface area contributed by atoms with E-state index in [1.54, 1.807) is 11.8 Å². The maximum absolute atomic E-state index is 13.7. The van der Waals surface area contributed by atoms with E-state index in [0.717, 1.165) is 33.2 Å². The van der Waals surface area contributed by atoms with Crippen LogP contribution in [0.15, 0.2) is 77.6 Å². The highest BCUT2D eigenvalue weighted by Gasteiger charge is 2.31. The van der Waals surface area contributed by atoms with Crippen molar-refractivity contribution >= 4 is 22.5 Å². The minimum Gasteiger partial charge on any atom is -0.383 e. The molecule has 3 aromatic carbocycles. The van der Waals surface area contributed by atoms with Gasteiger partial charge in [0.1, 0.15) is 6.04 Å². The molecular formula is C30H31ClN6O2. The maximum Gasteiger partial charge on any atom is 0.253 e. The fourth-order valence-corrected chi connectivity index (χ4v) is 4.95. The van der Waals surface area contributed by atoms with Gasteiger partial charge in [-0.3, -0.25) is 9.69 Å². The zero-order valence-corrected chi connectivity index (χ0v) is 23.0. The Morgan fingerprint density at radius 3 is 2.38 bits per heavy atom. The van der Waals surface area contributed by atoms with Crippen molar-refractivity contribution in [1.82, 2.24) is 30.1 Å². The lowest BCUT2D eigenvalue weighted by atomic mass is 9.99. The molecule has 8 nitrogen and oxygen atoms in total. The molecule has 9 heteroatoms. The molecule has 5 aromatic rings. The number of halogens is 1. The van der Waals surface area contributed by atoms with Crippen LogP contribution in [-0.4, -0.2) is 43.8 Å². The molecule has 2 aromatic heterocycles. The number of benzene rings is 3. The fourth-order valence-electron chi connectivity index (χ4n) is 4.82. The molecule has 0 aliphatic rings. The maximum atomic E-state index is 13.7. The summed E-state index contributed by atoms with van der Waals surface area (Å²) >= 11 is 6.19. The minimum absolute atomic E-state index is 0.175. The first-order chi connectivity index (χ1) is 18.9. The van der Waals surface area contributed by atoms with Gasteiger partial charge < -0.3 is 9.72 Å². The molecule has 200 valence electrons. The van der Waals surface area contributed by atoms with E-state index >= 15 is 0 Å². The zero-order chi connectivity index (χ0) is 27.4. The summed E-state index contributed by atoms with van der Waals surface area (Å²) in [5.41, 5.74) is 5.65. The summed E-state index contributed by atoms with van der Waals surface area (Å²) in [5.74, 6) is 0.575. The van der Waals surface area contributed by atoms with Crippen LogP contribution in [0, 0.1) is 13.8 Å². The molecule has 0 radical (unpaired) electrons. The number of hydrogen-bond acceptors (Lipinski definition) is 6. The molecular weight excluding hydrogens is 512 g/mol. The Labute approximate surface area is 232 Å². The minimum atomic E-state index is -0.539. The van der Waals surface area contributed by atoms with Gasteiger partial charge in [-0.2, -0.15) is 0 Å². The Morgan fingerprint density at radius 1 is 0.974 bits per heavy atom. The van der Waals surface area contributed by atoms with Gasteiger partial charge in [0.05, 0.1) is 13.2 Å². The summed E-state index contributed by atoms with van der Waals surface area (Å²) in [7, 11) is 1.64. The lowest BCUT2D eigenvalue weighted by Crippen LogP contribution is -2.35. The summed E-state index contributed by atoms with van der Waals surface area (Å²) in [5, 5.41) is 14.3. The lowest BCUT2D eigenvalue weighted by molar-refractivity contribution is 0.169. The number of tetrazole rings is 1. The predicted molar refractivity (Wildman–Crippen MR) is 153 cm³/mol. The highest BCUT2D eigenvalue weighted by molar-refractivity contribution is 6.30. The molecule has 1 atom stereocenters. The summed E-state index contributed by atoms with van der Waals surface area (Å²) in [6.45, 7) is 6.12. The van der Waals surface area contributed by atoms with Crippen molar-refractivity contribution in [2.45, 2.75) is 39.5 Å². The van der Waals surface area contributed by atoms with Crippen molar-refractivity contribution in [2.24, 2.45) is 0 Å². The highest BCUT2D eigenvalue weighted by atomic mass is 35.5. The third-order valence-electron chi connectivity index (χ3n) is 6.99. The normalized spacial score (nSPS) is 12.3. The van der Waals surface area contributed by atoms with Crippen molar-refractivity contribution in [3.8, 4) is 0 Å². The van der Waals surface area contributed by atoms with Crippen molar-refractivity contribution in [3.63, 3.8) is 0 Å². The van der Waals surface area contributed by atoms with Gasteiger partial charge in [-0.25, -0.2) is 4.68 Å². The van der Waals surface area contributed by atoms with Gasteiger partial charge in [0.15, 0.2) is 5.82 Å². The number of aromatic amines is 1. The second kappa shape index (κ2) is 11.9. The number of aromatic nitrogens is 5. The third kappa shape index (κ3) is 6.09. The molecule has 5 rings (SSSR count). The molecule has 39 heavy (non-hydrogen) atoms. The second-order valence-corrected chi connectivity index (χ2v) is 10.2. The molecule has 0 amide bonds. The second-order valence-electron chi connectivity index (χ2n) is 9.75. The van der Waals surface area contributed by atoms with Crippen LogP contribution in [0.3, 0.4) is 0 Å². The van der Waals surface area contributed by atoms with Crippen LogP contribution in [0.2, 0.25) is 5.02 Å². The van der Waals surface area contributed by atoms with E-state index in [0.29, 0.717) is 42.7 Å². The Balaban J connectivity index is 1.69. The predicted octanol–water partition coefficient (Wildman–Crippen LogP) is 5.22. The van der Waals surface area contributed by atoms with E-state index in [2.05, 4.69) is 50.5 Å². The number of pyridine rings is 1. The number of hydrogen-bond donors (Lipinski definition) is 1. The van der Waals surface area contributed by atoms with Gasteiger partial charge in [-0.1, -0.05) is 54.1 Å². The molecule has 0 spiro atoms. The van der Waals surface area contributed by atoms with Crippen molar-refractivity contribution in [2.75, 3.05) is 13.7 Å². The fraction of sp³-hybridized carbons (Fsp3) is 0.267. The molecule has 0 fully saturated rings. The van der Waals surface area contributed by atoms with Crippen molar-refractivity contribution in [1.29, 1.82) is 0 Å². The topological polar surface area (TPSA) is 88.9 Å². The van der Waals surface area contributed by atoms with E-state index in [4.69, 9.17) is 16.3 Å². The summed E-state index contributed by atoms with van der Waals surface area (Å²) in [4.78, 5) is 19.1. The van der Waals surface area contributed by atoms with E-state index in [9.17, 15) is 4.79 Å². The first kappa shape index (κ1) is 26.7. The molecule has 1 unspecified atom stereocenters. The quantitative estimate of drug-likeness (QED) is 0.260. The zero-order valence-electron chi connectivity index (χ0n) is 22.3. The number of H-pyrrole nitrogens is 1. The van der Waals surface area contributed by atoms with E-state index in [1.165, 1.54) is 0 Å². The summed E-state index contributed by atoms with van der Waals surface area (Å²) < 4.78 is 7.03.